The number of rotatable bonds is 4. The molecule has 3 aromatic rings. The van der Waals surface area contributed by atoms with Crippen LogP contribution in [-0.2, 0) is 7.05 Å². The second-order valence-corrected chi connectivity index (χ2v) is 6.87. The third kappa shape index (κ3) is 3.51. The Morgan fingerprint density at radius 2 is 2.17 bits per heavy atom. The number of benzene rings is 1. The monoisotopic (exact) mass is 390 g/mol. The van der Waals surface area contributed by atoms with Gasteiger partial charge in [-0.25, -0.2) is 4.98 Å². The van der Waals surface area contributed by atoms with Crippen LogP contribution in [0.5, 0.6) is 0 Å². The average molecular weight is 391 g/mol. The normalized spacial score (nSPS) is 12.1. The topological polar surface area (TPSA) is 59.8 Å². The Labute approximate surface area is 146 Å². The van der Waals surface area contributed by atoms with E-state index in [2.05, 4.69) is 31.3 Å². The highest BCUT2D eigenvalue weighted by Gasteiger charge is 2.16. The van der Waals surface area contributed by atoms with Crippen LogP contribution >= 0.6 is 27.3 Å². The summed E-state index contributed by atoms with van der Waals surface area (Å²) in [6.07, 6.45) is 3.62. The second kappa shape index (κ2) is 6.64. The lowest BCUT2D eigenvalue weighted by Gasteiger charge is -2.14. The zero-order valence-corrected chi connectivity index (χ0v) is 15.1. The molecule has 0 saturated carbocycles. The van der Waals surface area contributed by atoms with Crippen molar-refractivity contribution in [2.24, 2.45) is 7.05 Å². The summed E-state index contributed by atoms with van der Waals surface area (Å²) in [5, 5.41) is 9.66. The number of aryl methyl sites for hydroxylation is 1. The lowest BCUT2D eigenvalue weighted by atomic mass is 10.1. The van der Waals surface area contributed by atoms with E-state index in [9.17, 15) is 4.79 Å². The first kappa shape index (κ1) is 15.9. The molecule has 1 amide bonds. The molecule has 1 N–H and O–H groups in total. The zero-order valence-electron chi connectivity index (χ0n) is 12.7. The van der Waals surface area contributed by atoms with Crippen molar-refractivity contribution in [1.82, 2.24) is 20.1 Å². The molecule has 3 rings (SSSR count). The minimum Gasteiger partial charge on any atom is -0.344 e. The summed E-state index contributed by atoms with van der Waals surface area (Å²) in [4.78, 5) is 16.8. The molecule has 5 nitrogen and oxygen atoms in total. The minimum atomic E-state index is -0.181. The van der Waals surface area contributed by atoms with Gasteiger partial charge in [-0.3, -0.25) is 9.48 Å². The van der Waals surface area contributed by atoms with Gasteiger partial charge in [0.25, 0.3) is 5.91 Å². The van der Waals surface area contributed by atoms with E-state index in [1.807, 2.05) is 44.4 Å². The maximum absolute atomic E-state index is 12.4. The molecular formula is C16H15BrN4OS. The SMILES string of the molecule is C[C@H](NC(=O)c1csc(-c2cnn(C)c2)n1)c1ccccc1Br. The summed E-state index contributed by atoms with van der Waals surface area (Å²) in [6.45, 7) is 1.95. The number of amides is 1. The van der Waals surface area contributed by atoms with Crippen molar-refractivity contribution in [2.45, 2.75) is 13.0 Å². The van der Waals surface area contributed by atoms with Gasteiger partial charge in [0, 0.05) is 28.7 Å². The van der Waals surface area contributed by atoms with Gasteiger partial charge in [0.1, 0.15) is 10.7 Å². The molecule has 0 radical (unpaired) electrons. The van der Waals surface area contributed by atoms with Gasteiger partial charge in [-0.2, -0.15) is 5.10 Å². The summed E-state index contributed by atoms with van der Waals surface area (Å²) in [5.41, 5.74) is 2.37. The van der Waals surface area contributed by atoms with E-state index in [4.69, 9.17) is 0 Å². The molecule has 0 aliphatic carbocycles. The lowest BCUT2D eigenvalue weighted by molar-refractivity contribution is 0.0935. The van der Waals surface area contributed by atoms with Crippen LogP contribution in [0.25, 0.3) is 10.6 Å². The van der Waals surface area contributed by atoms with E-state index in [-0.39, 0.29) is 11.9 Å². The van der Waals surface area contributed by atoms with Gasteiger partial charge in [-0.15, -0.1) is 11.3 Å². The predicted molar refractivity (Wildman–Crippen MR) is 94.3 cm³/mol. The number of nitrogens with zero attached hydrogens (tertiary/aromatic N) is 3. The molecule has 0 aliphatic heterocycles. The molecular weight excluding hydrogens is 376 g/mol. The first-order chi connectivity index (χ1) is 11.0. The van der Waals surface area contributed by atoms with E-state index in [0.717, 1.165) is 20.6 Å². The maximum Gasteiger partial charge on any atom is 0.271 e. The fourth-order valence-electron chi connectivity index (χ4n) is 2.22. The summed E-state index contributed by atoms with van der Waals surface area (Å²) in [7, 11) is 1.85. The molecule has 0 saturated heterocycles. The van der Waals surface area contributed by atoms with Crippen LogP contribution in [0.2, 0.25) is 0 Å². The van der Waals surface area contributed by atoms with Crippen molar-refractivity contribution in [3.63, 3.8) is 0 Å². The van der Waals surface area contributed by atoms with E-state index >= 15 is 0 Å². The van der Waals surface area contributed by atoms with Crippen LogP contribution < -0.4 is 5.32 Å². The van der Waals surface area contributed by atoms with Gasteiger partial charge in [0.05, 0.1) is 12.2 Å². The number of carbonyl (C=O) groups is 1. The van der Waals surface area contributed by atoms with Gasteiger partial charge < -0.3 is 5.32 Å². The smallest absolute Gasteiger partial charge is 0.271 e. The minimum absolute atomic E-state index is 0.110. The summed E-state index contributed by atoms with van der Waals surface area (Å²) in [6, 6.07) is 7.73. The van der Waals surface area contributed by atoms with E-state index in [0.29, 0.717) is 5.69 Å². The first-order valence-electron chi connectivity index (χ1n) is 7.04. The number of nitrogens with one attached hydrogen (secondary N) is 1. The lowest BCUT2D eigenvalue weighted by Crippen LogP contribution is -2.27. The summed E-state index contributed by atoms with van der Waals surface area (Å²) >= 11 is 4.94. The van der Waals surface area contributed by atoms with Gasteiger partial charge in [0.15, 0.2) is 0 Å². The largest absolute Gasteiger partial charge is 0.344 e. The van der Waals surface area contributed by atoms with Crippen molar-refractivity contribution >= 4 is 33.2 Å². The van der Waals surface area contributed by atoms with E-state index in [1.165, 1.54) is 11.3 Å². The molecule has 118 valence electrons. The Balaban J connectivity index is 1.74. The third-order valence-electron chi connectivity index (χ3n) is 3.41. The molecule has 0 unspecified atom stereocenters. The van der Waals surface area contributed by atoms with Gasteiger partial charge in [-0.1, -0.05) is 34.1 Å². The van der Waals surface area contributed by atoms with Crippen LogP contribution in [-0.4, -0.2) is 20.7 Å². The predicted octanol–water partition coefficient (Wildman–Crippen LogP) is 3.80. The van der Waals surface area contributed by atoms with Crippen LogP contribution in [0.3, 0.4) is 0 Å². The van der Waals surface area contributed by atoms with Crippen molar-refractivity contribution < 1.29 is 4.79 Å². The Morgan fingerprint density at radius 1 is 1.39 bits per heavy atom. The fourth-order valence-corrected chi connectivity index (χ4v) is 3.62. The maximum atomic E-state index is 12.4. The van der Waals surface area contributed by atoms with Crippen molar-refractivity contribution in [1.29, 1.82) is 0 Å². The highest BCUT2D eigenvalue weighted by atomic mass is 79.9. The number of halogens is 1. The summed E-state index contributed by atoms with van der Waals surface area (Å²) < 4.78 is 2.69. The van der Waals surface area contributed by atoms with Crippen molar-refractivity contribution in [2.75, 3.05) is 0 Å². The molecule has 2 aromatic heterocycles. The highest BCUT2D eigenvalue weighted by Crippen LogP contribution is 2.25. The average Bonchev–Trinajstić information content (AvgIpc) is 3.16. The Morgan fingerprint density at radius 3 is 2.87 bits per heavy atom. The van der Waals surface area contributed by atoms with Crippen LogP contribution in [0.4, 0.5) is 0 Å². The van der Waals surface area contributed by atoms with E-state index < -0.39 is 0 Å². The number of aromatic nitrogens is 3. The molecule has 7 heteroatoms. The molecule has 1 atom stereocenters. The van der Waals surface area contributed by atoms with Crippen LogP contribution in [0.15, 0.2) is 46.5 Å². The molecule has 0 spiro atoms. The van der Waals surface area contributed by atoms with Crippen LogP contribution in [0, 0.1) is 0 Å². The molecule has 0 aliphatic rings. The van der Waals surface area contributed by atoms with E-state index in [1.54, 1.807) is 16.3 Å². The molecule has 23 heavy (non-hydrogen) atoms. The number of thiazole rings is 1. The number of hydrogen-bond acceptors (Lipinski definition) is 4. The molecule has 0 bridgehead atoms. The third-order valence-corrected chi connectivity index (χ3v) is 5.02. The quantitative estimate of drug-likeness (QED) is 0.736. The van der Waals surface area contributed by atoms with Gasteiger partial charge in [-0.05, 0) is 18.6 Å². The fraction of sp³-hybridized carbons (Fsp3) is 0.188. The highest BCUT2D eigenvalue weighted by molar-refractivity contribution is 9.10. The zero-order chi connectivity index (χ0) is 16.4. The number of hydrogen-bond donors (Lipinski definition) is 1. The molecule has 1 aromatic carbocycles. The Kier molecular flexibility index (Phi) is 4.58. The first-order valence-corrected chi connectivity index (χ1v) is 8.71. The van der Waals surface area contributed by atoms with Gasteiger partial charge in [0.2, 0.25) is 0 Å². The molecule has 0 fully saturated rings. The number of carbonyl (C=O) groups excluding carboxylic acids is 1. The van der Waals surface area contributed by atoms with Crippen molar-refractivity contribution in [3.05, 3.63) is 57.8 Å². The second-order valence-electron chi connectivity index (χ2n) is 5.16. The Bertz CT molecular complexity index is 842. The standard InChI is InChI=1S/C16H15BrN4OS/c1-10(12-5-3-4-6-13(12)17)19-15(22)14-9-23-16(20-14)11-7-18-21(2)8-11/h3-10H,1-2H3,(H,19,22)/t10-/m0/s1. The van der Waals surface area contributed by atoms with Crippen LogP contribution in [0.1, 0.15) is 29.0 Å². The van der Waals surface area contributed by atoms with Gasteiger partial charge >= 0.3 is 0 Å². The summed E-state index contributed by atoms with van der Waals surface area (Å²) in [5.74, 6) is -0.181. The van der Waals surface area contributed by atoms with Crippen molar-refractivity contribution in [3.8, 4) is 10.6 Å². The molecule has 2 heterocycles. The Hall–Kier alpha value is -1.99.